The van der Waals surface area contributed by atoms with E-state index in [1.807, 2.05) is 43.3 Å². The van der Waals surface area contributed by atoms with Gasteiger partial charge in [-0.25, -0.2) is 9.97 Å². The zero-order chi connectivity index (χ0) is 12.1. The van der Waals surface area contributed by atoms with Crippen molar-refractivity contribution in [2.75, 3.05) is 5.32 Å². The van der Waals surface area contributed by atoms with Gasteiger partial charge in [-0.1, -0.05) is 30.3 Å². The van der Waals surface area contributed by atoms with Crippen LogP contribution in [0.2, 0.25) is 0 Å². The summed E-state index contributed by atoms with van der Waals surface area (Å²) >= 11 is 0. The lowest BCUT2D eigenvalue weighted by molar-refractivity contribution is 0.869. The molecule has 0 bridgehead atoms. The number of aromatic nitrogens is 2. The molecule has 0 fully saturated rings. The van der Waals surface area contributed by atoms with E-state index in [0.717, 1.165) is 5.56 Å². The Morgan fingerprint density at radius 3 is 2.59 bits per heavy atom. The van der Waals surface area contributed by atoms with Gasteiger partial charge in [-0.3, -0.25) is 0 Å². The van der Waals surface area contributed by atoms with Crippen molar-refractivity contribution in [3.05, 3.63) is 54.0 Å². The van der Waals surface area contributed by atoms with Crippen LogP contribution in [-0.2, 0) is 0 Å². The number of benzene rings is 1. The van der Waals surface area contributed by atoms with Crippen molar-refractivity contribution in [3.8, 4) is 6.07 Å². The first-order valence-electron chi connectivity index (χ1n) is 5.34. The molecular weight excluding hydrogens is 212 g/mol. The quantitative estimate of drug-likeness (QED) is 0.870. The monoisotopic (exact) mass is 224 g/mol. The summed E-state index contributed by atoms with van der Waals surface area (Å²) in [6.45, 7) is 2.02. The maximum Gasteiger partial charge on any atom is 0.182 e. The lowest BCUT2D eigenvalue weighted by atomic mass is 10.1. The van der Waals surface area contributed by atoms with Crippen LogP contribution in [0.1, 0.15) is 24.2 Å². The van der Waals surface area contributed by atoms with E-state index in [9.17, 15) is 0 Å². The molecule has 0 aliphatic rings. The number of hydrogen-bond donors (Lipinski definition) is 1. The van der Waals surface area contributed by atoms with Crippen LogP contribution >= 0.6 is 0 Å². The summed E-state index contributed by atoms with van der Waals surface area (Å²) < 4.78 is 0. The van der Waals surface area contributed by atoms with E-state index >= 15 is 0 Å². The second-order valence-corrected chi connectivity index (χ2v) is 3.64. The van der Waals surface area contributed by atoms with Crippen molar-refractivity contribution in [1.82, 2.24) is 9.97 Å². The van der Waals surface area contributed by atoms with Gasteiger partial charge in [-0.15, -0.1) is 0 Å². The molecule has 1 unspecified atom stereocenters. The van der Waals surface area contributed by atoms with Gasteiger partial charge < -0.3 is 5.32 Å². The van der Waals surface area contributed by atoms with E-state index in [1.165, 1.54) is 6.20 Å². The van der Waals surface area contributed by atoms with E-state index in [0.29, 0.717) is 11.5 Å². The van der Waals surface area contributed by atoms with E-state index in [2.05, 4.69) is 15.3 Å². The summed E-state index contributed by atoms with van der Waals surface area (Å²) in [7, 11) is 0. The summed E-state index contributed by atoms with van der Waals surface area (Å²) in [5.41, 5.74) is 1.46. The van der Waals surface area contributed by atoms with Crippen LogP contribution in [0.15, 0.2) is 42.7 Å². The molecule has 0 saturated carbocycles. The normalized spacial score (nSPS) is 11.5. The van der Waals surface area contributed by atoms with Gasteiger partial charge in [0.25, 0.3) is 0 Å². The minimum absolute atomic E-state index is 0.0833. The third-order valence-electron chi connectivity index (χ3n) is 2.46. The Balaban J connectivity index is 2.19. The minimum Gasteiger partial charge on any atom is -0.361 e. The molecule has 0 radical (unpaired) electrons. The van der Waals surface area contributed by atoms with Gasteiger partial charge in [0.1, 0.15) is 6.07 Å². The van der Waals surface area contributed by atoms with Crippen LogP contribution in [-0.4, -0.2) is 9.97 Å². The fourth-order valence-electron chi connectivity index (χ4n) is 1.56. The van der Waals surface area contributed by atoms with Crippen molar-refractivity contribution in [3.63, 3.8) is 0 Å². The molecule has 1 atom stereocenters. The van der Waals surface area contributed by atoms with E-state index in [-0.39, 0.29) is 6.04 Å². The third kappa shape index (κ3) is 2.58. The fourth-order valence-corrected chi connectivity index (χ4v) is 1.56. The molecule has 0 spiro atoms. The molecule has 4 heteroatoms. The van der Waals surface area contributed by atoms with E-state index < -0.39 is 0 Å². The van der Waals surface area contributed by atoms with Gasteiger partial charge in [-0.2, -0.15) is 5.26 Å². The first-order valence-corrected chi connectivity index (χ1v) is 5.34. The summed E-state index contributed by atoms with van der Waals surface area (Å²) in [5, 5.41) is 12.1. The summed E-state index contributed by atoms with van der Waals surface area (Å²) in [6.07, 6.45) is 3.08. The lowest BCUT2D eigenvalue weighted by Gasteiger charge is -2.14. The van der Waals surface area contributed by atoms with Crippen LogP contribution in [0.25, 0.3) is 0 Å². The first kappa shape index (κ1) is 11.1. The molecule has 1 aromatic carbocycles. The molecule has 1 N–H and O–H groups in total. The molecule has 84 valence electrons. The number of rotatable bonds is 3. The SMILES string of the molecule is CC(Nc1nccnc1C#N)c1ccccc1. The molecule has 4 nitrogen and oxygen atoms in total. The first-order chi connectivity index (χ1) is 8.31. The molecule has 2 aromatic rings. The highest BCUT2D eigenvalue weighted by atomic mass is 15.0. The number of anilines is 1. The molecule has 0 saturated heterocycles. The van der Waals surface area contributed by atoms with E-state index in [4.69, 9.17) is 5.26 Å². The summed E-state index contributed by atoms with van der Waals surface area (Å²) in [4.78, 5) is 8.08. The highest BCUT2D eigenvalue weighted by Gasteiger charge is 2.09. The second-order valence-electron chi connectivity index (χ2n) is 3.64. The topological polar surface area (TPSA) is 61.6 Å². The molecule has 1 heterocycles. The smallest absolute Gasteiger partial charge is 0.182 e. The number of nitriles is 1. The van der Waals surface area contributed by atoms with Crippen LogP contribution in [0.3, 0.4) is 0 Å². The van der Waals surface area contributed by atoms with Crippen LogP contribution < -0.4 is 5.32 Å². The Bertz CT molecular complexity index is 531. The van der Waals surface area contributed by atoms with Gasteiger partial charge in [-0.05, 0) is 12.5 Å². The molecule has 0 aliphatic carbocycles. The fraction of sp³-hybridized carbons (Fsp3) is 0.154. The Morgan fingerprint density at radius 1 is 1.18 bits per heavy atom. The minimum atomic E-state index is 0.0833. The average Bonchev–Trinajstić information content (AvgIpc) is 2.40. The zero-order valence-electron chi connectivity index (χ0n) is 9.46. The predicted octanol–water partition coefficient (Wildman–Crippen LogP) is 2.52. The van der Waals surface area contributed by atoms with Crippen molar-refractivity contribution in [2.24, 2.45) is 0 Å². The molecule has 0 aliphatic heterocycles. The van der Waals surface area contributed by atoms with Crippen LogP contribution in [0.5, 0.6) is 0 Å². The zero-order valence-corrected chi connectivity index (χ0v) is 9.46. The van der Waals surface area contributed by atoms with Gasteiger partial charge in [0.05, 0.1) is 6.04 Å². The molecular formula is C13H12N4. The van der Waals surface area contributed by atoms with Crippen LogP contribution in [0, 0.1) is 11.3 Å². The number of hydrogen-bond acceptors (Lipinski definition) is 4. The van der Waals surface area contributed by atoms with Crippen LogP contribution in [0.4, 0.5) is 5.82 Å². The maximum absolute atomic E-state index is 8.91. The third-order valence-corrected chi connectivity index (χ3v) is 2.46. The molecule has 0 amide bonds. The highest BCUT2D eigenvalue weighted by Crippen LogP contribution is 2.18. The molecule has 2 rings (SSSR count). The Kier molecular flexibility index (Phi) is 3.31. The number of nitrogens with zero attached hydrogens (tertiary/aromatic N) is 3. The van der Waals surface area contributed by atoms with Gasteiger partial charge in [0.2, 0.25) is 0 Å². The average molecular weight is 224 g/mol. The summed E-state index contributed by atoms with van der Waals surface area (Å²) in [6, 6.07) is 12.1. The predicted molar refractivity (Wildman–Crippen MR) is 65.2 cm³/mol. The van der Waals surface area contributed by atoms with Gasteiger partial charge in [0, 0.05) is 12.4 Å². The summed E-state index contributed by atoms with van der Waals surface area (Å²) in [5.74, 6) is 0.520. The van der Waals surface area contributed by atoms with Crippen molar-refractivity contribution in [1.29, 1.82) is 5.26 Å². The van der Waals surface area contributed by atoms with E-state index in [1.54, 1.807) is 6.20 Å². The Labute approximate surface area is 100.0 Å². The lowest BCUT2D eigenvalue weighted by Crippen LogP contribution is -2.09. The van der Waals surface area contributed by atoms with Crippen molar-refractivity contribution >= 4 is 5.82 Å². The standard InChI is InChI=1S/C13H12N4/c1-10(11-5-3-2-4-6-11)17-13-12(9-14)15-7-8-16-13/h2-8,10H,1H3,(H,16,17). The maximum atomic E-state index is 8.91. The second kappa shape index (κ2) is 5.08. The Morgan fingerprint density at radius 2 is 1.88 bits per heavy atom. The van der Waals surface area contributed by atoms with Crippen molar-refractivity contribution in [2.45, 2.75) is 13.0 Å². The van der Waals surface area contributed by atoms with Gasteiger partial charge in [0.15, 0.2) is 11.5 Å². The Hall–Kier alpha value is -2.41. The van der Waals surface area contributed by atoms with Gasteiger partial charge >= 0.3 is 0 Å². The largest absolute Gasteiger partial charge is 0.361 e. The molecule has 1 aromatic heterocycles. The molecule has 17 heavy (non-hydrogen) atoms. The number of nitrogens with one attached hydrogen (secondary N) is 1. The highest BCUT2D eigenvalue weighted by molar-refractivity contribution is 5.48. The van der Waals surface area contributed by atoms with Crippen molar-refractivity contribution < 1.29 is 0 Å².